The number of nitrogens with zero attached hydrogens (tertiary/aromatic N) is 4. The number of aryl methyl sites for hydroxylation is 2. The number of halogens is 1. The number of pyridine rings is 1. The zero-order chi connectivity index (χ0) is 20.4. The van der Waals surface area contributed by atoms with Crippen molar-refractivity contribution < 1.29 is 4.79 Å². The van der Waals surface area contributed by atoms with Crippen molar-refractivity contribution in [1.29, 1.82) is 0 Å². The van der Waals surface area contributed by atoms with Gasteiger partial charge in [-0.1, -0.05) is 35.5 Å². The van der Waals surface area contributed by atoms with Crippen LogP contribution in [0.3, 0.4) is 0 Å². The molecule has 0 bridgehead atoms. The zero-order valence-corrected chi connectivity index (χ0v) is 17.5. The van der Waals surface area contributed by atoms with Crippen LogP contribution in [-0.2, 0) is 4.79 Å². The number of aromatic nitrogens is 4. The lowest BCUT2D eigenvalue weighted by atomic mass is 10.1. The number of amides is 1. The van der Waals surface area contributed by atoms with E-state index < -0.39 is 0 Å². The first-order chi connectivity index (χ1) is 14.0. The third kappa shape index (κ3) is 4.11. The minimum atomic E-state index is -0.125. The highest BCUT2D eigenvalue weighted by atomic mass is 35.5. The molecule has 0 saturated carbocycles. The SMILES string of the molecule is Cc1ccc(-n2cnnc2SCC(=O)Nc2ccc(C)c3ncccc23)cc1Cl. The first kappa shape index (κ1) is 19.4. The van der Waals surface area contributed by atoms with E-state index in [4.69, 9.17) is 11.6 Å². The van der Waals surface area contributed by atoms with Gasteiger partial charge in [-0.3, -0.25) is 14.3 Å². The van der Waals surface area contributed by atoms with Gasteiger partial charge in [-0.25, -0.2) is 0 Å². The Morgan fingerprint density at radius 2 is 2.00 bits per heavy atom. The summed E-state index contributed by atoms with van der Waals surface area (Å²) in [5, 5.41) is 13.3. The number of hydrogen-bond acceptors (Lipinski definition) is 5. The lowest BCUT2D eigenvalue weighted by molar-refractivity contribution is -0.113. The number of rotatable bonds is 5. The predicted octanol–water partition coefficient (Wildman–Crippen LogP) is 4.82. The summed E-state index contributed by atoms with van der Waals surface area (Å²) in [6, 6.07) is 13.4. The van der Waals surface area contributed by atoms with Crippen LogP contribution in [0, 0.1) is 13.8 Å². The standard InChI is InChI=1S/C21H18ClN5OS/c1-13-5-7-15(10-17(13)22)27-12-24-26-21(27)29-11-19(28)25-18-8-6-14(2)20-16(18)4-3-9-23-20/h3-10,12H,11H2,1-2H3,(H,25,28). The van der Waals surface area contributed by atoms with Crippen molar-refractivity contribution in [1.82, 2.24) is 19.7 Å². The molecule has 0 radical (unpaired) electrons. The van der Waals surface area contributed by atoms with Crippen LogP contribution in [0.5, 0.6) is 0 Å². The van der Waals surface area contributed by atoms with Crippen molar-refractivity contribution in [2.45, 2.75) is 19.0 Å². The van der Waals surface area contributed by atoms with Gasteiger partial charge in [-0.15, -0.1) is 10.2 Å². The molecule has 0 saturated heterocycles. The molecular weight excluding hydrogens is 406 g/mol. The Balaban J connectivity index is 1.48. The van der Waals surface area contributed by atoms with Crippen LogP contribution in [0.25, 0.3) is 16.6 Å². The maximum Gasteiger partial charge on any atom is 0.234 e. The summed E-state index contributed by atoms with van der Waals surface area (Å²) < 4.78 is 1.81. The van der Waals surface area contributed by atoms with Gasteiger partial charge < -0.3 is 5.32 Å². The van der Waals surface area contributed by atoms with Gasteiger partial charge in [0.25, 0.3) is 0 Å². The van der Waals surface area contributed by atoms with Gasteiger partial charge in [0.15, 0.2) is 5.16 Å². The zero-order valence-electron chi connectivity index (χ0n) is 15.9. The number of carbonyl (C=O) groups is 1. The molecule has 4 aromatic rings. The van der Waals surface area contributed by atoms with E-state index in [2.05, 4.69) is 20.5 Å². The third-order valence-electron chi connectivity index (χ3n) is 4.53. The van der Waals surface area contributed by atoms with Gasteiger partial charge in [0.05, 0.1) is 22.6 Å². The number of nitrogens with one attached hydrogen (secondary N) is 1. The highest BCUT2D eigenvalue weighted by molar-refractivity contribution is 7.99. The molecule has 2 aromatic carbocycles. The van der Waals surface area contributed by atoms with E-state index in [1.807, 2.05) is 60.9 Å². The minimum Gasteiger partial charge on any atom is -0.325 e. The molecule has 2 heterocycles. The molecule has 0 aliphatic heterocycles. The highest BCUT2D eigenvalue weighted by Crippen LogP contribution is 2.26. The van der Waals surface area contributed by atoms with Crippen LogP contribution in [0.15, 0.2) is 60.1 Å². The average molecular weight is 424 g/mol. The fourth-order valence-corrected chi connectivity index (χ4v) is 3.87. The number of hydrogen-bond donors (Lipinski definition) is 1. The number of benzene rings is 2. The maximum absolute atomic E-state index is 12.6. The molecule has 0 aliphatic carbocycles. The fraction of sp³-hybridized carbons (Fsp3) is 0.143. The topological polar surface area (TPSA) is 72.7 Å². The van der Waals surface area contributed by atoms with Crippen molar-refractivity contribution in [3.63, 3.8) is 0 Å². The molecule has 0 fully saturated rings. The molecule has 0 atom stereocenters. The third-order valence-corrected chi connectivity index (χ3v) is 5.88. The molecule has 2 aromatic heterocycles. The van der Waals surface area contributed by atoms with Gasteiger partial charge in [-0.2, -0.15) is 0 Å². The molecule has 1 amide bonds. The summed E-state index contributed by atoms with van der Waals surface area (Å²) in [4.78, 5) is 17.0. The Labute approximate surface area is 177 Å². The Bertz CT molecular complexity index is 1210. The number of carbonyl (C=O) groups excluding carboxylic acids is 1. The Hall–Kier alpha value is -2.90. The van der Waals surface area contributed by atoms with Gasteiger partial charge in [0.1, 0.15) is 6.33 Å². The summed E-state index contributed by atoms with van der Waals surface area (Å²) in [5.41, 5.74) is 4.55. The van der Waals surface area contributed by atoms with E-state index in [1.165, 1.54) is 11.8 Å². The molecule has 0 spiro atoms. The maximum atomic E-state index is 12.6. The Kier molecular flexibility index (Phi) is 5.51. The second-order valence-electron chi connectivity index (χ2n) is 6.58. The summed E-state index contributed by atoms with van der Waals surface area (Å²) in [6.07, 6.45) is 3.36. The summed E-state index contributed by atoms with van der Waals surface area (Å²) in [6.45, 7) is 3.95. The minimum absolute atomic E-state index is 0.125. The lowest BCUT2D eigenvalue weighted by Crippen LogP contribution is -2.15. The van der Waals surface area contributed by atoms with Crippen LogP contribution in [0.1, 0.15) is 11.1 Å². The molecule has 146 valence electrons. The van der Waals surface area contributed by atoms with E-state index in [0.29, 0.717) is 10.2 Å². The quantitative estimate of drug-likeness (QED) is 0.466. The number of fused-ring (bicyclic) bond motifs is 1. The molecule has 1 N–H and O–H groups in total. The number of anilines is 1. The number of thioether (sulfide) groups is 1. The molecule has 8 heteroatoms. The van der Waals surface area contributed by atoms with Crippen LogP contribution >= 0.6 is 23.4 Å². The Morgan fingerprint density at radius 3 is 2.83 bits per heavy atom. The summed E-state index contributed by atoms with van der Waals surface area (Å²) in [5.74, 6) is 0.0778. The van der Waals surface area contributed by atoms with E-state index in [1.54, 1.807) is 12.5 Å². The van der Waals surface area contributed by atoms with E-state index in [9.17, 15) is 4.79 Å². The molecule has 6 nitrogen and oxygen atoms in total. The highest BCUT2D eigenvalue weighted by Gasteiger charge is 2.13. The molecule has 29 heavy (non-hydrogen) atoms. The fourth-order valence-electron chi connectivity index (χ4n) is 2.97. The van der Waals surface area contributed by atoms with E-state index in [-0.39, 0.29) is 11.7 Å². The predicted molar refractivity (Wildman–Crippen MR) is 117 cm³/mol. The molecule has 4 rings (SSSR count). The summed E-state index contributed by atoms with van der Waals surface area (Å²) in [7, 11) is 0. The van der Waals surface area contributed by atoms with Gasteiger partial charge >= 0.3 is 0 Å². The largest absolute Gasteiger partial charge is 0.325 e. The monoisotopic (exact) mass is 423 g/mol. The second-order valence-corrected chi connectivity index (χ2v) is 7.93. The molecule has 0 unspecified atom stereocenters. The first-order valence-corrected chi connectivity index (χ1v) is 10.3. The van der Waals surface area contributed by atoms with Gasteiger partial charge in [0.2, 0.25) is 5.91 Å². The van der Waals surface area contributed by atoms with Crippen LogP contribution < -0.4 is 5.32 Å². The summed E-state index contributed by atoms with van der Waals surface area (Å²) >= 11 is 7.54. The lowest BCUT2D eigenvalue weighted by Gasteiger charge is -2.10. The average Bonchev–Trinajstić information content (AvgIpc) is 3.19. The molecule has 0 aliphatic rings. The van der Waals surface area contributed by atoms with E-state index >= 15 is 0 Å². The van der Waals surface area contributed by atoms with Crippen molar-refractivity contribution in [3.05, 3.63) is 71.1 Å². The normalized spacial score (nSPS) is 11.0. The van der Waals surface area contributed by atoms with Crippen molar-refractivity contribution in [2.75, 3.05) is 11.1 Å². The van der Waals surface area contributed by atoms with Crippen LogP contribution in [-0.4, -0.2) is 31.4 Å². The van der Waals surface area contributed by atoms with E-state index in [0.717, 1.165) is 33.4 Å². The smallest absolute Gasteiger partial charge is 0.234 e. The Morgan fingerprint density at radius 1 is 1.17 bits per heavy atom. The van der Waals surface area contributed by atoms with Crippen LogP contribution in [0.4, 0.5) is 5.69 Å². The van der Waals surface area contributed by atoms with Crippen molar-refractivity contribution >= 4 is 45.9 Å². The van der Waals surface area contributed by atoms with Gasteiger partial charge in [0, 0.05) is 16.6 Å². The van der Waals surface area contributed by atoms with Crippen LogP contribution in [0.2, 0.25) is 5.02 Å². The molecular formula is C21H18ClN5OS. The van der Waals surface area contributed by atoms with Crippen molar-refractivity contribution in [3.8, 4) is 5.69 Å². The van der Waals surface area contributed by atoms with Crippen molar-refractivity contribution in [2.24, 2.45) is 0 Å². The van der Waals surface area contributed by atoms with Gasteiger partial charge in [-0.05, 0) is 55.3 Å². The second kappa shape index (κ2) is 8.23. The first-order valence-electron chi connectivity index (χ1n) is 8.96.